The fourth-order valence-electron chi connectivity index (χ4n) is 3.47. The molecule has 2 aliphatic carbocycles. The third-order valence-electron chi connectivity index (χ3n) is 4.79. The molecule has 1 radical (unpaired) electrons. The number of carbonyl (C=O) groups excluding carboxylic acids is 1. The molecule has 0 aromatic carbocycles. The topological polar surface area (TPSA) is 100 Å². The minimum Gasteiger partial charge on any atom is -0.481 e. The summed E-state index contributed by atoms with van der Waals surface area (Å²) in [5.41, 5.74) is 0. The summed E-state index contributed by atoms with van der Waals surface area (Å²) in [6.07, 6.45) is 14.8. The van der Waals surface area contributed by atoms with Gasteiger partial charge in [0.1, 0.15) is 0 Å². The largest absolute Gasteiger partial charge is 0.481 e. The van der Waals surface area contributed by atoms with Crippen molar-refractivity contribution in [2.75, 3.05) is 0 Å². The summed E-state index contributed by atoms with van der Waals surface area (Å²) in [5, 5.41) is 18.7. The minimum atomic E-state index is -0.833. The van der Waals surface area contributed by atoms with Gasteiger partial charge in [-0.05, 0) is 25.7 Å². The van der Waals surface area contributed by atoms with Crippen LogP contribution in [0.4, 0.5) is 0 Å². The van der Waals surface area contributed by atoms with Gasteiger partial charge in [-0.3, -0.25) is 9.59 Å². The summed E-state index contributed by atoms with van der Waals surface area (Å²) in [5.74, 6) is 0.499. The van der Waals surface area contributed by atoms with Gasteiger partial charge in [-0.1, -0.05) is 25.7 Å². The van der Waals surface area contributed by atoms with Gasteiger partial charge in [0.2, 0.25) is 0 Å². The Morgan fingerprint density at radius 3 is 1.86 bits per heavy atom. The summed E-state index contributed by atoms with van der Waals surface area (Å²) < 4.78 is 0. The van der Waals surface area contributed by atoms with E-state index in [-0.39, 0.29) is 23.7 Å². The smallest absolute Gasteiger partial charge is 0.300 e. The first-order chi connectivity index (χ1) is 13.5. The Morgan fingerprint density at radius 2 is 1.48 bits per heavy atom. The molecule has 2 heterocycles. The van der Waals surface area contributed by atoms with Gasteiger partial charge in [-0.15, -0.1) is 22.7 Å². The Hall–Kier alpha value is -1.12. The standard InChI is InChI=1S/C9H13NOS.C9H11NOS.C2H4O2.Mn/c2*11-6-8-5-10-9(12-8)7-3-1-2-4-7;1-2(3)4;/h5,7,11H,1-4,6H2;5-7H,1-4H2;1H3,(H,3,4);. The number of aromatic nitrogens is 2. The summed E-state index contributed by atoms with van der Waals surface area (Å²) in [7, 11) is 0. The van der Waals surface area contributed by atoms with E-state index in [9.17, 15) is 4.79 Å². The van der Waals surface area contributed by atoms with Crippen LogP contribution in [-0.2, 0) is 28.5 Å². The second kappa shape index (κ2) is 14.0. The molecule has 2 saturated carbocycles. The number of carbonyl (C=O) groups is 2. The van der Waals surface area contributed by atoms with E-state index in [0.29, 0.717) is 11.8 Å². The van der Waals surface area contributed by atoms with E-state index >= 15 is 0 Å². The molecule has 9 heteroatoms. The molecule has 2 N–H and O–H groups in total. The van der Waals surface area contributed by atoms with Crippen LogP contribution >= 0.6 is 22.7 Å². The molecule has 0 unspecified atom stereocenters. The maximum Gasteiger partial charge on any atom is 0.300 e. The van der Waals surface area contributed by atoms with Gasteiger partial charge in [-0.2, -0.15) is 0 Å². The number of aliphatic hydroxyl groups is 1. The quantitative estimate of drug-likeness (QED) is 0.473. The molecule has 0 amide bonds. The predicted molar refractivity (Wildman–Crippen MR) is 111 cm³/mol. The summed E-state index contributed by atoms with van der Waals surface area (Å²) >= 11 is 3.22. The SMILES string of the molecule is CC(=O)O.O=Cc1cnc(C2CCCC2)s1.OCc1cnc(C2CCCC2)s1.[Mn]. The van der Waals surface area contributed by atoms with Gasteiger partial charge >= 0.3 is 0 Å². The number of rotatable bonds is 4. The van der Waals surface area contributed by atoms with Gasteiger partial charge in [0, 0.05) is 48.2 Å². The Labute approximate surface area is 190 Å². The Morgan fingerprint density at radius 1 is 1.03 bits per heavy atom. The molecular weight excluding hydrogens is 451 g/mol. The van der Waals surface area contributed by atoms with Crippen LogP contribution in [0, 0.1) is 0 Å². The third-order valence-corrected chi connectivity index (χ3v) is 7.02. The summed E-state index contributed by atoms with van der Waals surface area (Å²) in [4.78, 5) is 29.7. The molecule has 161 valence electrons. The number of carboxylic acids is 1. The molecule has 2 aliphatic rings. The van der Waals surface area contributed by atoms with E-state index in [0.717, 1.165) is 28.0 Å². The number of hydrogen-bond acceptors (Lipinski definition) is 7. The maximum absolute atomic E-state index is 10.4. The van der Waals surface area contributed by atoms with Crippen LogP contribution in [0.15, 0.2) is 12.4 Å². The van der Waals surface area contributed by atoms with Gasteiger partial charge < -0.3 is 10.2 Å². The number of thiazole rings is 2. The summed E-state index contributed by atoms with van der Waals surface area (Å²) in [6, 6.07) is 0. The van der Waals surface area contributed by atoms with Crippen LogP contribution in [0.1, 0.15) is 94.7 Å². The van der Waals surface area contributed by atoms with Crippen molar-refractivity contribution >= 4 is 34.9 Å². The van der Waals surface area contributed by atoms with Crippen molar-refractivity contribution in [1.82, 2.24) is 9.97 Å². The average molecular weight is 480 g/mol. The molecule has 2 fully saturated rings. The monoisotopic (exact) mass is 479 g/mol. The van der Waals surface area contributed by atoms with Crippen LogP contribution in [0.3, 0.4) is 0 Å². The fraction of sp³-hybridized carbons (Fsp3) is 0.600. The first-order valence-electron chi connectivity index (χ1n) is 9.69. The molecule has 2 aromatic rings. The van der Waals surface area contributed by atoms with Crippen molar-refractivity contribution < 1.29 is 36.9 Å². The molecule has 0 saturated heterocycles. The number of aliphatic hydroxyl groups excluding tert-OH is 1. The molecule has 0 atom stereocenters. The molecule has 0 aliphatic heterocycles. The Balaban J connectivity index is 0.000000239. The van der Waals surface area contributed by atoms with Crippen LogP contribution in [-0.4, -0.2) is 32.4 Å². The van der Waals surface area contributed by atoms with Gasteiger partial charge in [-0.25, -0.2) is 9.97 Å². The normalized spacial score (nSPS) is 16.2. The zero-order valence-corrected chi connectivity index (χ0v) is 19.4. The van der Waals surface area contributed by atoms with Gasteiger partial charge in [0.25, 0.3) is 5.97 Å². The molecule has 4 rings (SSSR count). The number of aldehydes is 1. The molecule has 2 aromatic heterocycles. The fourth-order valence-corrected chi connectivity index (χ4v) is 5.32. The van der Waals surface area contributed by atoms with Gasteiger partial charge in [0.15, 0.2) is 6.29 Å². The van der Waals surface area contributed by atoms with Crippen molar-refractivity contribution in [3.05, 3.63) is 32.2 Å². The molecule has 6 nitrogen and oxygen atoms in total. The number of hydrogen-bond donors (Lipinski definition) is 2. The molecule has 0 bridgehead atoms. The second-order valence-corrected chi connectivity index (χ2v) is 9.26. The number of carboxylic acid groups (broad SMARTS) is 1. The van der Waals surface area contributed by atoms with Crippen LogP contribution < -0.4 is 0 Å². The van der Waals surface area contributed by atoms with Crippen LogP contribution in [0.5, 0.6) is 0 Å². The maximum atomic E-state index is 10.4. The number of aliphatic carboxylic acids is 1. The van der Waals surface area contributed by atoms with Crippen molar-refractivity contribution in [3.63, 3.8) is 0 Å². The molecule has 29 heavy (non-hydrogen) atoms. The third kappa shape index (κ3) is 9.05. The first kappa shape index (κ1) is 25.9. The first-order valence-corrected chi connectivity index (χ1v) is 11.3. The molecular formula is C20H28MnN2O4S2. The Bertz CT molecular complexity index is 734. The van der Waals surface area contributed by atoms with E-state index < -0.39 is 5.97 Å². The van der Waals surface area contributed by atoms with E-state index in [1.807, 2.05) is 0 Å². The Kier molecular flexibility index (Phi) is 12.5. The zero-order valence-electron chi connectivity index (χ0n) is 16.6. The summed E-state index contributed by atoms with van der Waals surface area (Å²) in [6.45, 7) is 1.23. The van der Waals surface area contributed by atoms with E-state index in [2.05, 4.69) is 9.97 Å². The van der Waals surface area contributed by atoms with Crippen LogP contribution in [0.2, 0.25) is 0 Å². The van der Waals surface area contributed by atoms with Crippen molar-refractivity contribution in [2.24, 2.45) is 0 Å². The van der Waals surface area contributed by atoms with Crippen molar-refractivity contribution in [2.45, 2.75) is 76.7 Å². The van der Waals surface area contributed by atoms with E-state index in [4.69, 9.17) is 15.0 Å². The molecule has 0 spiro atoms. The second-order valence-electron chi connectivity index (χ2n) is 7.02. The van der Waals surface area contributed by atoms with Crippen molar-refractivity contribution in [1.29, 1.82) is 0 Å². The predicted octanol–water partition coefficient (Wildman–Crippen LogP) is 4.99. The van der Waals surface area contributed by atoms with Crippen molar-refractivity contribution in [3.8, 4) is 0 Å². The van der Waals surface area contributed by atoms with Gasteiger partial charge in [0.05, 0.1) is 26.4 Å². The van der Waals surface area contributed by atoms with E-state index in [1.165, 1.54) is 56.4 Å². The average Bonchev–Trinajstić information content (AvgIpc) is 3.49. The van der Waals surface area contributed by atoms with Crippen LogP contribution in [0.25, 0.3) is 0 Å². The number of nitrogens with zero attached hydrogens (tertiary/aromatic N) is 2. The minimum absolute atomic E-state index is 0. The van der Waals surface area contributed by atoms with E-state index in [1.54, 1.807) is 35.1 Å². The zero-order chi connectivity index (χ0) is 20.4.